The summed E-state index contributed by atoms with van der Waals surface area (Å²) in [5, 5.41) is 5.93. The van der Waals surface area contributed by atoms with Crippen molar-refractivity contribution in [3.05, 3.63) is 206 Å². The second-order valence-corrected chi connectivity index (χ2v) is 15.0. The quantitative estimate of drug-likeness (QED) is 0.175. The topological polar surface area (TPSA) is 43.2 Å². The molecule has 59 heavy (non-hydrogen) atoms. The molecule has 9 aromatic carbocycles. The van der Waals surface area contributed by atoms with Gasteiger partial charge in [-0.25, -0.2) is 9.97 Å². The molecule has 0 fully saturated rings. The Balaban J connectivity index is 1.00. The molecule has 0 bridgehead atoms. The lowest BCUT2D eigenvalue weighted by Gasteiger charge is -2.33. The van der Waals surface area contributed by atoms with Crippen molar-refractivity contribution in [3.8, 4) is 51.0 Å². The molecule has 0 aliphatic carbocycles. The Kier molecular flexibility index (Phi) is 7.47. The monoisotopic (exact) mass is 754 g/mol. The van der Waals surface area contributed by atoms with E-state index >= 15 is 0 Å². The van der Waals surface area contributed by atoms with E-state index in [1.165, 1.54) is 21.5 Å². The number of ether oxygens (including phenoxy) is 1. The Morgan fingerprint density at radius 2 is 1.07 bits per heavy atom. The van der Waals surface area contributed by atoms with E-state index in [-0.39, 0.29) is 0 Å². The molecule has 0 spiro atoms. The van der Waals surface area contributed by atoms with Gasteiger partial charge in [-0.05, 0) is 101 Å². The van der Waals surface area contributed by atoms with Gasteiger partial charge in [0.05, 0.1) is 33.6 Å². The number of hydrogen-bond donors (Lipinski definition) is 0. The second kappa shape index (κ2) is 13.3. The molecule has 0 amide bonds. The number of hydrogen-bond acceptors (Lipinski definition) is 4. The van der Waals surface area contributed by atoms with E-state index in [1.807, 2.05) is 36.4 Å². The zero-order chi connectivity index (χ0) is 38.9. The highest BCUT2D eigenvalue weighted by Gasteiger charge is 2.26. The fourth-order valence-corrected chi connectivity index (χ4v) is 8.82. The van der Waals surface area contributed by atoms with Crippen molar-refractivity contribution in [1.82, 2.24) is 14.5 Å². The van der Waals surface area contributed by atoms with Crippen LogP contribution in [0.25, 0.3) is 82.9 Å². The molecule has 0 N–H and O–H groups in total. The van der Waals surface area contributed by atoms with Crippen LogP contribution >= 0.6 is 0 Å². The third-order valence-electron chi connectivity index (χ3n) is 11.6. The van der Waals surface area contributed by atoms with Crippen LogP contribution in [0.5, 0.6) is 11.5 Å². The van der Waals surface area contributed by atoms with Crippen LogP contribution < -0.4 is 9.64 Å². The first-order chi connectivity index (χ1) is 29.2. The fraction of sp³-hybridized carbons (Fsp3) is 0. The molecule has 5 nitrogen and oxygen atoms in total. The van der Waals surface area contributed by atoms with E-state index in [0.29, 0.717) is 5.82 Å². The number of rotatable bonds is 5. The zero-order valence-electron chi connectivity index (χ0n) is 31.8. The maximum absolute atomic E-state index is 6.61. The van der Waals surface area contributed by atoms with Gasteiger partial charge in [0.15, 0.2) is 17.3 Å². The summed E-state index contributed by atoms with van der Waals surface area (Å²) >= 11 is 0. The molecule has 0 radical (unpaired) electrons. The van der Waals surface area contributed by atoms with Crippen LogP contribution in [-0.4, -0.2) is 14.5 Å². The van der Waals surface area contributed by atoms with Gasteiger partial charge in [-0.15, -0.1) is 0 Å². The third kappa shape index (κ3) is 5.40. The minimum Gasteiger partial charge on any atom is -0.453 e. The summed E-state index contributed by atoms with van der Waals surface area (Å²) in [7, 11) is 0. The van der Waals surface area contributed by atoms with Gasteiger partial charge < -0.3 is 14.2 Å². The summed E-state index contributed by atoms with van der Waals surface area (Å²) in [6, 6.07) is 72.5. The van der Waals surface area contributed by atoms with Crippen molar-refractivity contribution in [2.75, 3.05) is 4.90 Å². The van der Waals surface area contributed by atoms with Crippen LogP contribution in [0.1, 0.15) is 0 Å². The first kappa shape index (κ1) is 33.2. The molecular weight excluding hydrogens is 721 g/mol. The summed E-state index contributed by atoms with van der Waals surface area (Å²) in [6.07, 6.45) is 0. The molecule has 0 atom stereocenters. The number of para-hydroxylation sites is 4. The van der Waals surface area contributed by atoms with Gasteiger partial charge in [0.1, 0.15) is 0 Å². The molecule has 3 heterocycles. The van der Waals surface area contributed by atoms with E-state index in [2.05, 4.69) is 179 Å². The molecule has 1 aliphatic rings. The smallest absolute Gasteiger partial charge is 0.160 e. The van der Waals surface area contributed by atoms with Crippen LogP contribution in [0.2, 0.25) is 0 Å². The fourth-order valence-electron chi connectivity index (χ4n) is 8.82. The van der Waals surface area contributed by atoms with Gasteiger partial charge in [0.2, 0.25) is 0 Å². The van der Waals surface area contributed by atoms with Gasteiger partial charge >= 0.3 is 0 Å². The lowest BCUT2D eigenvalue weighted by atomic mass is 10.00. The highest BCUT2D eigenvalue weighted by atomic mass is 16.5. The molecular formula is C54H34N4O. The standard InChI is InChI=1S/C54H34N4O/c1-3-14-36(15-4-1)53-43-19-9-10-20-45(43)55-54(56-53)37-23-28-41(29-24-37)58-48-32-26-35-13-7-8-18-42(35)52(48)44-30-25-38(33-49(44)58)39-27-31-47-51(34-39)59-50-22-12-11-21-46(50)57(47)40-16-5-2-6-17-40/h1-34H. The molecule has 0 saturated carbocycles. The minimum absolute atomic E-state index is 0.702. The van der Waals surface area contributed by atoms with Gasteiger partial charge in [-0.2, -0.15) is 0 Å². The Labute approximate surface area is 340 Å². The maximum atomic E-state index is 6.61. The average molecular weight is 755 g/mol. The molecule has 1 aliphatic heterocycles. The number of anilines is 3. The molecule has 11 aromatic rings. The normalized spacial score (nSPS) is 12.2. The van der Waals surface area contributed by atoms with Crippen molar-refractivity contribution >= 4 is 60.5 Å². The van der Waals surface area contributed by atoms with Crippen LogP contribution in [0, 0.1) is 0 Å². The largest absolute Gasteiger partial charge is 0.453 e. The van der Waals surface area contributed by atoms with Gasteiger partial charge in [-0.1, -0.05) is 127 Å². The highest BCUT2D eigenvalue weighted by molar-refractivity contribution is 6.21. The van der Waals surface area contributed by atoms with Crippen molar-refractivity contribution < 1.29 is 4.74 Å². The van der Waals surface area contributed by atoms with E-state index in [0.717, 1.165) is 84.1 Å². The lowest BCUT2D eigenvalue weighted by Crippen LogP contribution is -2.15. The van der Waals surface area contributed by atoms with Crippen molar-refractivity contribution in [1.29, 1.82) is 0 Å². The summed E-state index contributed by atoms with van der Waals surface area (Å²) in [6.45, 7) is 0. The first-order valence-corrected chi connectivity index (χ1v) is 19.9. The number of benzene rings is 9. The first-order valence-electron chi connectivity index (χ1n) is 19.9. The molecule has 276 valence electrons. The van der Waals surface area contributed by atoms with Crippen LogP contribution in [0.15, 0.2) is 206 Å². The number of nitrogens with zero attached hydrogens (tertiary/aromatic N) is 4. The maximum Gasteiger partial charge on any atom is 0.160 e. The molecule has 2 aromatic heterocycles. The average Bonchev–Trinajstić information content (AvgIpc) is 3.65. The summed E-state index contributed by atoms with van der Waals surface area (Å²) < 4.78 is 9.01. The van der Waals surface area contributed by atoms with Crippen LogP contribution in [-0.2, 0) is 0 Å². The summed E-state index contributed by atoms with van der Waals surface area (Å²) in [5.74, 6) is 2.35. The predicted octanol–water partition coefficient (Wildman–Crippen LogP) is 14.5. The number of aromatic nitrogens is 3. The summed E-state index contributed by atoms with van der Waals surface area (Å²) in [5.41, 5.74) is 12.5. The van der Waals surface area contributed by atoms with Crippen molar-refractivity contribution in [2.24, 2.45) is 0 Å². The van der Waals surface area contributed by atoms with Crippen LogP contribution in [0.3, 0.4) is 0 Å². The van der Waals surface area contributed by atoms with Crippen molar-refractivity contribution in [2.45, 2.75) is 0 Å². The Hall–Kier alpha value is -8.02. The zero-order valence-corrected chi connectivity index (χ0v) is 31.8. The predicted molar refractivity (Wildman–Crippen MR) is 242 cm³/mol. The van der Waals surface area contributed by atoms with E-state index < -0.39 is 0 Å². The molecule has 12 rings (SSSR count). The lowest BCUT2D eigenvalue weighted by molar-refractivity contribution is 0.477. The highest BCUT2D eigenvalue weighted by Crippen LogP contribution is 2.51. The van der Waals surface area contributed by atoms with Gasteiger partial charge in [0.25, 0.3) is 0 Å². The number of fused-ring (bicyclic) bond motifs is 8. The second-order valence-electron chi connectivity index (χ2n) is 15.0. The third-order valence-corrected chi connectivity index (χ3v) is 11.6. The van der Waals surface area contributed by atoms with Gasteiger partial charge in [0, 0.05) is 38.7 Å². The van der Waals surface area contributed by atoms with Crippen LogP contribution in [0.4, 0.5) is 17.1 Å². The Morgan fingerprint density at radius 3 is 1.93 bits per heavy atom. The molecule has 0 saturated heterocycles. The van der Waals surface area contributed by atoms with E-state index in [9.17, 15) is 0 Å². The molecule has 0 unspecified atom stereocenters. The van der Waals surface area contributed by atoms with Gasteiger partial charge in [-0.3, -0.25) is 0 Å². The SMILES string of the molecule is c1ccc(-c2nc(-c3ccc(-n4c5cc(-c6ccc7c(c6)Oc6ccccc6N7c6ccccc6)ccc5c5c6ccccc6ccc54)cc3)nc3ccccc23)cc1. The molecule has 5 heteroatoms. The van der Waals surface area contributed by atoms with Crippen molar-refractivity contribution in [3.63, 3.8) is 0 Å². The Bertz CT molecular complexity index is 3410. The van der Waals surface area contributed by atoms with E-state index in [1.54, 1.807) is 0 Å². The summed E-state index contributed by atoms with van der Waals surface area (Å²) in [4.78, 5) is 12.5. The minimum atomic E-state index is 0.702. The Morgan fingerprint density at radius 1 is 0.390 bits per heavy atom. The van der Waals surface area contributed by atoms with E-state index in [4.69, 9.17) is 14.7 Å².